The molecule has 2 rings (SSSR count). The number of carboxylic acids is 1. The molecule has 0 unspecified atom stereocenters. The highest BCUT2D eigenvalue weighted by Crippen LogP contribution is 2.30. The number of ether oxygens (including phenoxy) is 1. The molecule has 0 saturated heterocycles. The number of nitrogens with one attached hydrogen (secondary N) is 1. The van der Waals surface area contributed by atoms with Gasteiger partial charge in [0.2, 0.25) is 0 Å². The van der Waals surface area contributed by atoms with Gasteiger partial charge in [-0.05, 0) is 25.3 Å². The van der Waals surface area contributed by atoms with Crippen molar-refractivity contribution in [2.75, 3.05) is 13.7 Å². The van der Waals surface area contributed by atoms with Crippen molar-refractivity contribution < 1.29 is 19.4 Å². The topological polar surface area (TPSA) is 78.9 Å². The molecule has 1 fully saturated rings. The van der Waals surface area contributed by atoms with Crippen molar-refractivity contribution >= 4 is 12.0 Å². The van der Waals surface area contributed by atoms with Crippen LogP contribution in [0.15, 0.2) is 24.3 Å². The Hall–Kier alpha value is -2.24. The summed E-state index contributed by atoms with van der Waals surface area (Å²) in [7, 11) is 1.62. The second kappa shape index (κ2) is 7.68. The highest BCUT2D eigenvalue weighted by atomic mass is 16.5. The fourth-order valence-corrected chi connectivity index (χ4v) is 2.31. The van der Waals surface area contributed by atoms with Crippen LogP contribution in [-0.2, 0) is 11.3 Å². The molecule has 1 aliphatic rings. The Balaban J connectivity index is 1.92. The number of hydrogen-bond acceptors (Lipinski definition) is 3. The number of carbonyl (C=O) groups is 2. The molecule has 0 atom stereocenters. The average Bonchev–Trinajstić information content (AvgIpc) is 3.33. The third kappa shape index (κ3) is 4.65. The first-order valence-corrected chi connectivity index (χ1v) is 7.50. The van der Waals surface area contributed by atoms with Crippen LogP contribution in [0.25, 0.3) is 0 Å². The van der Waals surface area contributed by atoms with E-state index in [0.29, 0.717) is 19.5 Å². The second-order valence-corrected chi connectivity index (χ2v) is 5.40. The fourth-order valence-electron chi connectivity index (χ4n) is 2.31. The predicted octanol–water partition coefficient (Wildman–Crippen LogP) is 2.23. The zero-order valence-electron chi connectivity index (χ0n) is 12.7. The van der Waals surface area contributed by atoms with Gasteiger partial charge in [-0.25, -0.2) is 4.79 Å². The zero-order valence-corrected chi connectivity index (χ0v) is 12.7. The largest absolute Gasteiger partial charge is 0.496 e. The summed E-state index contributed by atoms with van der Waals surface area (Å²) in [4.78, 5) is 24.6. The van der Waals surface area contributed by atoms with Crippen molar-refractivity contribution in [3.8, 4) is 5.75 Å². The van der Waals surface area contributed by atoms with Crippen molar-refractivity contribution in [2.45, 2.75) is 38.3 Å². The van der Waals surface area contributed by atoms with Crippen LogP contribution in [0.4, 0.5) is 4.79 Å². The van der Waals surface area contributed by atoms with Crippen molar-refractivity contribution in [3.05, 3.63) is 29.8 Å². The molecule has 22 heavy (non-hydrogen) atoms. The quantitative estimate of drug-likeness (QED) is 0.722. The highest BCUT2D eigenvalue weighted by Gasteiger charge is 2.32. The number of nitrogens with zero attached hydrogens (tertiary/aromatic N) is 1. The number of urea groups is 1. The maximum absolute atomic E-state index is 12.3. The number of methoxy groups -OCH3 is 1. The normalized spacial score (nSPS) is 13.5. The molecule has 6 heteroatoms. The van der Waals surface area contributed by atoms with E-state index in [0.717, 1.165) is 24.2 Å². The van der Waals surface area contributed by atoms with Gasteiger partial charge < -0.3 is 20.1 Å². The molecule has 0 bridgehead atoms. The number of amides is 2. The number of benzene rings is 1. The Kier molecular flexibility index (Phi) is 5.63. The minimum absolute atomic E-state index is 0.0657. The summed E-state index contributed by atoms with van der Waals surface area (Å²) in [5.41, 5.74) is 0.970. The molecule has 120 valence electrons. The second-order valence-electron chi connectivity index (χ2n) is 5.40. The smallest absolute Gasteiger partial charge is 0.317 e. The Bertz CT molecular complexity index is 529. The lowest BCUT2D eigenvalue weighted by molar-refractivity contribution is -0.137. The Morgan fingerprint density at radius 3 is 2.73 bits per heavy atom. The summed E-state index contributed by atoms with van der Waals surface area (Å²) < 4.78 is 5.33. The number of hydrogen-bond donors (Lipinski definition) is 2. The van der Waals surface area contributed by atoms with Crippen LogP contribution >= 0.6 is 0 Å². The van der Waals surface area contributed by atoms with Crippen LogP contribution in [-0.4, -0.2) is 41.7 Å². The summed E-state index contributed by atoms with van der Waals surface area (Å²) in [6.45, 7) is 0.875. The SMILES string of the molecule is COc1ccccc1CN(C(=O)NCCCC(=O)O)C1CC1. The van der Waals surface area contributed by atoms with Gasteiger partial charge in [-0.3, -0.25) is 4.79 Å². The van der Waals surface area contributed by atoms with Crippen LogP contribution in [0, 0.1) is 0 Å². The summed E-state index contributed by atoms with van der Waals surface area (Å²) in [6, 6.07) is 7.78. The number of carboxylic acid groups (broad SMARTS) is 1. The van der Waals surface area contributed by atoms with Gasteiger partial charge >= 0.3 is 12.0 Å². The number of carbonyl (C=O) groups excluding carboxylic acids is 1. The van der Waals surface area contributed by atoms with Gasteiger partial charge in [-0.1, -0.05) is 18.2 Å². The number of rotatable bonds is 8. The summed E-state index contributed by atoms with van der Waals surface area (Å²) in [5.74, 6) is -0.0749. The van der Waals surface area contributed by atoms with Crippen molar-refractivity contribution in [1.29, 1.82) is 0 Å². The van der Waals surface area contributed by atoms with Crippen LogP contribution in [0.5, 0.6) is 5.75 Å². The van der Waals surface area contributed by atoms with E-state index < -0.39 is 5.97 Å². The first-order chi connectivity index (χ1) is 10.6. The first-order valence-electron chi connectivity index (χ1n) is 7.50. The standard InChI is InChI=1S/C16H22N2O4/c1-22-14-6-3-2-5-12(14)11-18(13-8-9-13)16(21)17-10-4-7-15(19)20/h2-3,5-6,13H,4,7-11H2,1H3,(H,17,21)(H,19,20). The summed E-state index contributed by atoms with van der Waals surface area (Å²) in [5, 5.41) is 11.4. The highest BCUT2D eigenvalue weighted by molar-refractivity contribution is 5.75. The third-order valence-electron chi connectivity index (χ3n) is 3.63. The maximum Gasteiger partial charge on any atom is 0.317 e. The Labute approximate surface area is 130 Å². The van der Waals surface area contributed by atoms with E-state index in [1.165, 1.54) is 0 Å². The molecule has 0 heterocycles. The average molecular weight is 306 g/mol. The molecule has 1 saturated carbocycles. The molecule has 1 aromatic carbocycles. The number of para-hydroxylation sites is 1. The van der Waals surface area contributed by atoms with Gasteiger partial charge in [-0.2, -0.15) is 0 Å². The van der Waals surface area contributed by atoms with Gasteiger partial charge in [0, 0.05) is 24.6 Å². The summed E-state index contributed by atoms with van der Waals surface area (Å²) in [6.07, 6.45) is 2.53. The predicted molar refractivity (Wildman–Crippen MR) is 81.8 cm³/mol. The molecule has 2 N–H and O–H groups in total. The van der Waals surface area contributed by atoms with Crippen LogP contribution in [0.2, 0.25) is 0 Å². The minimum Gasteiger partial charge on any atom is -0.496 e. The zero-order chi connectivity index (χ0) is 15.9. The van der Waals surface area contributed by atoms with E-state index in [-0.39, 0.29) is 18.5 Å². The van der Waals surface area contributed by atoms with E-state index in [9.17, 15) is 9.59 Å². The fraction of sp³-hybridized carbons (Fsp3) is 0.500. The van der Waals surface area contributed by atoms with Gasteiger partial charge in [0.25, 0.3) is 0 Å². The van der Waals surface area contributed by atoms with Gasteiger partial charge in [0.15, 0.2) is 0 Å². The lowest BCUT2D eigenvalue weighted by Gasteiger charge is -2.24. The lowest BCUT2D eigenvalue weighted by Crippen LogP contribution is -2.41. The van der Waals surface area contributed by atoms with Crippen molar-refractivity contribution in [3.63, 3.8) is 0 Å². The van der Waals surface area contributed by atoms with Gasteiger partial charge in [-0.15, -0.1) is 0 Å². The molecular weight excluding hydrogens is 284 g/mol. The van der Waals surface area contributed by atoms with Crippen LogP contribution in [0.1, 0.15) is 31.2 Å². The first kappa shape index (κ1) is 16.1. The van der Waals surface area contributed by atoms with Gasteiger partial charge in [0.1, 0.15) is 5.75 Å². The third-order valence-corrected chi connectivity index (χ3v) is 3.63. The monoisotopic (exact) mass is 306 g/mol. The van der Waals surface area contributed by atoms with Crippen LogP contribution in [0.3, 0.4) is 0 Å². The minimum atomic E-state index is -0.845. The Morgan fingerprint density at radius 2 is 2.09 bits per heavy atom. The number of aliphatic carboxylic acids is 1. The molecule has 0 radical (unpaired) electrons. The molecule has 0 aliphatic heterocycles. The molecule has 2 amide bonds. The molecule has 0 aromatic heterocycles. The lowest BCUT2D eigenvalue weighted by atomic mass is 10.2. The van der Waals surface area contributed by atoms with E-state index in [1.54, 1.807) is 12.0 Å². The molecule has 6 nitrogen and oxygen atoms in total. The van der Waals surface area contributed by atoms with E-state index in [2.05, 4.69) is 5.32 Å². The van der Waals surface area contributed by atoms with Crippen molar-refractivity contribution in [1.82, 2.24) is 10.2 Å². The van der Waals surface area contributed by atoms with Crippen molar-refractivity contribution in [2.24, 2.45) is 0 Å². The molecule has 0 spiro atoms. The van der Waals surface area contributed by atoms with E-state index >= 15 is 0 Å². The molecular formula is C16H22N2O4. The van der Waals surface area contributed by atoms with Crippen LogP contribution < -0.4 is 10.1 Å². The maximum atomic E-state index is 12.3. The molecule has 1 aliphatic carbocycles. The summed E-state index contributed by atoms with van der Waals surface area (Å²) >= 11 is 0. The Morgan fingerprint density at radius 1 is 1.36 bits per heavy atom. The van der Waals surface area contributed by atoms with E-state index in [4.69, 9.17) is 9.84 Å². The molecule has 1 aromatic rings. The van der Waals surface area contributed by atoms with E-state index in [1.807, 2.05) is 24.3 Å². The van der Waals surface area contributed by atoms with Gasteiger partial charge in [0.05, 0.1) is 13.7 Å².